The van der Waals surface area contributed by atoms with Gasteiger partial charge in [-0.15, -0.1) is 0 Å². The van der Waals surface area contributed by atoms with Crippen LogP contribution < -0.4 is 4.74 Å². The standard InChI is InChI=1S/C25H25FN2O2/c1-30-20-5-2-17(3-6-20)14-24(29)28-16-25(28)11-8-18(9-12-25)21-10-13-27-23-7-4-19(26)15-22(21)23/h2-7,10,13,15,18H,8-9,11-12,14,16H2,1H3. The molecular weight excluding hydrogens is 379 g/mol. The van der Waals surface area contributed by atoms with Crippen LogP contribution in [0.5, 0.6) is 5.75 Å². The van der Waals surface area contributed by atoms with E-state index in [9.17, 15) is 9.18 Å². The van der Waals surface area contributed by atoms with Crippen molar-refractivity contribution in [1.29, 1.82) is 0 Å². The molecule has 5 rings (SSSR count). The molecule has 1 amide bonds. The molecule has 2 fully saturated rings. The lowest BCUT2D eigenvalue weighted by atomic mass is 9.77. The molecule has 2 heterocycles. The van der Waals surface area contributed by atoms with Gasteiger partial charge in [-0.1, -0.05) is 12.1 Å². The van der Waals surface area contributed by atoms with E-state index in [0.29, 0.717) is 12.3 Å². The predicted molar refractivity (Wildman–Crippen MR) is 114 cm³/mol. The van der Waals surface area contributed by atoms with Crippen LogP contribution >= 0.6 is 0 Å². The molecule has 5 heteroatoms. The van der Waals surface area contributed by atoms with E-state index in [1.165, 1.54) is 11.6 Å². The molecule has 2 aromatic carbocycles. The van der Waals surface area contributed by atoms with Crippen molar-refractivity contribution in [2.45, 2.75) is 43.6 Å². The number of halogens is 1. The molecule has 1 spiro atoms. The third-order valence-corrected chi connectivity index (χ3v) is 6.83. The molecule has 30 heavy (non-hydrogen) atoms. The van der Waals surface area contributed by atoms with E-state index in [1.54, 1.807) is 19.2 Å². The maximum absolute atomic E-state index is 13.8. The molecular formula is C25H25FN2O2. The minimum atomic E-state index is -0.221. The highest BCUT2D eigenvalue weighted by atomic mass is 19.1. The molecule has 154 valence electrons. The van der Waals surface area contributed by atoms with Crippen molar-refractivity contribution in [1.82, 2.24) is 9.88 Å². The number of benzene rings is 2. The number of methoxy groups -OCH3 is 1. The van der Waals surface area contributed by atoms with Crippen LogP contribution in [0.1, 0.15) is 42.7 Å². The summed E-state index contributed by atoms with van der Waals surface area (Å²) < 4.78 is 19.0. The summed E-state index contributed by atoms with van der Waals surface area (Å²) in [6.45, 7) is 0.862. The molecule has 0 radical (unpaired) electrons. The molecule has 1 saturated carbocycles. The molecule has 0 atom stereocenters. The van der Waals surface area contributed by atoms with E-state index in [2.05, 4.69) is 9.88 Å². The fourth-order valence-corrected chi connectivity index (χ4v) is 5.01. The summed E-state index contributed by atoms with van der Waals surface area (Å²) in [5, 5.41) is 0.918. The van der Waals surface area contributed by atoms with Crippen LogP contribution in [-0.2, 0) is 11.2 Å². The van der Waals surface area contributed by atoms with Crippen LogP contribution in [0.25, 0.3) is 10.9 Å². The third kappa shape index (κ3) is 3.42. The Labute approximate surface area is 175 Å². The van der Waals surface area contributed by atoms with Crippen LogP contribution in [0.3, 0.4) is 0 Å². The SMILES string of the molecule is COc1ccc(CC(=O)N2CC23CCC(c2ccnc4ccc(F)cc24)CC3)cc1. The Kier molecular flexibility index (Phi) is 4.69. The molecule has 3 aromatic rings. The van der Waals surface area contributed by atoms with Gasteiger partial charge in [0.15, 0.2) is 0 Å². The molecule has 4 nitrogen and oxygen atoms in total. The lowest BCUT2D eigenvalue weighted by Gasteiger charge is -2.30. The highest BCUT2D eigenvalue weighted by Crippen LogP contribution is 2.50. The summed E-state index contributed by atoms with van der Waals surface area (Å²) in [5.41, 5.74) is 3.08. The smallest absolute Gasteiger partial charge is 0.227 e. The lowest BCUT2D eigenvalue weighted by molar-refractivity contribution is -0.126. The maximum atomic E-state index is 13.8. The van der Waals surface area contributed by atoms with Crippen molar-refractivity contribution in [2.24, 2.45) is 0 Å². The van der Waals surface area contributed by atoms with Crippen molar-refractivity contribution < 1.29 is 13.9 Å². The zero-order valence-electron chi connectivity index (χ0n) is 17.1. The number of carbonyl (C=O) groups excluding carboxylic acids is 1. The first-order valence-corrected chi connectivity index (χ1v) is 10.6. The number of amides is 1. The Morgan fingerprint density at radius 3 is 2.67 bits per heavy atom. The van der Waals surface area contributed by atoms with Gasteiger partial charge in [-0.3, -0.25) is 9.78 Å². The molecule has 0 N–H and O–H groups in total. The van der Waals surface area contributed by atoms with E-state index >= 15 is 0 Å². The Bertz CT molecular complexity index is 1090. The van der Waals surface area contributed by atoms with E-state index in [-0.39, 0.29) is 17.3 Å². The Hall–Kier alpha value is -2.95. The second-order valence-corrected chi connectivity index (χ2v) is 8.57. The summed E-state index contributed by atoms with van der Waals surface area (Å²) in [6, 6.07) is 14.6. The van der Waals surface area contributed by atoms with Crippen molar-refractivity contribution in [3.8, 4) is 5.75 Å². The molecule has 1 aromatic heterocycles. The summed E-state index contributed by atoms with van der Waals surface area (Å²) in [7, 11) is 1.64. The van der Waals surface area contributed by atoms with Crippen LogP contribution in [0.15, 0.2) is 54.7 Å². The number of rotatable bonds is 4. The van der Waals surface area contributed by atoms with Gasteiger partial charge in [0.1, 0.15) is 11.6 Å². The van der Waals surface area contributed by atoms with Crippen LogP contribution in [0, 0.1) is 5.82 Å². The van der Waals surface area contributed by atoms with Crippen molar-refractivity contribution in [3.05, 3.63) is 71.7 Å². The average molecular weight is 404 g/mol. The first kappa shape index (κ1) is 19.0. The van der Waals surface area contributed by atoms with E-state index in [4.69, 9.17) is 4.74 Å². The van der Waals surface area contributed by atoms with Gasteiger partial charge in [-0.05, 0) is 79.1 Å². The molecule has 0 bridgehead atoms. The Morgan fingerprint density at radius 2 is 1.93 bits per heavy atom. The second kappa shape index (κ2) is 7.38. The summed E-state index contributed by atoms with van der Waals surface area (Å²) in [4.78, 5) is 19.2. The van der Waals surface area contributed by atoms with Gasteiger partial charge < -0.3 is 9.64 Å². The number of hydrogen-bond acceptors (Lipinski definition) is 3. The topological polar surface area (TPSA) is 42.2 Å². The first-order chi connectivity index (χ1) is 14.6. The fraction of sp³-hybridized carbons (Fsp3) is 0.360. The number of carbonyl (C=O) groups is 1. The molecule has 2 aliphatic rings. The van der Waals surface area contributed by atoms with Gasteiger partial charge in [0.25, 0.3) is 0 Å². The zero-order valence-corrected chi connectivity index (χ0v) is 17.1. The number of nitrogens with zero attached hydrogens (tertiary/aromatic N) is 2. The number of pyridine rings is 1. The summed E-state index contributed by atoms with van der Waals surface area (Å²) in [5.74, 6) is 1.18. The predicted octanol–water partition coefficient (Wildman–Crippen LogP) is 4.86. The monoisotopic (exact) mass is 404 g/mol. The van der Waals surface area contributed by atoms with Crippen molar-refractivity contribution in [3.63, 3.8) is 0 Å². The van der Waals surface area contributed by atoms with Gasteiger partial charge in [0.05, 0.1) is 24.6 Å². The van der Waals surface area contributed by atoms with Gasteiger partial charge in [-0.2, -0.15) is 0 Å². The fourth-order valence-electron chi connectivity index (χ4n) is 5.01. The second-order valence-electron chi connectivity index (χ2n) is 8.57. The minimum Gasteiger partial charge on any atom is -0.497 e. The molecule has 0 unspecified atom stereocenters. The minimum absolute atomic E-state index is 0.0359. The van der Waals surface area contributed by atoms with Crippen molar-refractivity contribution in [2.75, 3.05) is 13.7 Å². The Balaban J connectivity index is 1.24. The lowest BCUT2D eigenvalue weighted by Crippen LogP contribution is -2.29. The largest absolute Gasteiger partial charge is 0.497 e. The normalized spacial score (nSPS) is 23.0. The average Bonchev–Trinajstić information content (AvgIpc) is 3.48. The summed E-state index contributed by atoms with van der Waals surface area (Å²) >= 11 is 0. The van der Waals surface area contributed by atoms with Crippen LogP contribution in [-0.4, -0.2) is 35.0 Å². The van der Waals surface area contributed by atoms with E-state index in [0.717, 1.165) is 54.4 Å². The molecule has 1 aliphatic carbocycles. The van der Waals surface area contributed by atoms with Crippen molar-refractivity contribution >= 4 is 16.8 Å². The first-order valence-electron chi connectivity index (χ1n) is 10.6. The Morgan fingerprint density at radius 1 is 1.17 bits per heavy atom. The van der Waals surface area contributed by atoms with Gasteiger partial charge in [0, 0.05) is 18.1 Å². The zero-order chi connectivity index (χ0) is 20.7. The highest BCUT2D eigenvalue weighted by molar-refractivity contribution is 5.83. The van der Waals surface area contributed by atoms with Gasteiger partial charge >= 0.3 is 0 Å². The van der Waals surface area contributed by atoms with Gasteiger partial charge in [0.2, 0.25) is 5.91 Å². The number of hydrogen-bond donors (Lipinski definition) is 0. The maximum Gasteiger partial charge on any atom is 0.227 e. The van der Waals surface area contributed by atoms with E-state index in [1.807, 2.05) is 36.5 Å². The quantitative estimate of drug-likeness (QED) is 0.583. The third-order valence-electron chi connectivity index (χ3n) is 6.83. The highest BCUT2D eigenvalue weighted by Gasteiger charge is 2.55. The van der Waals surface area contributed by atoms with Crippen LogP contribution in [0.2, 0.25) is 0 Å². The number of ether oxygens (including phenoxy) is 1. The number of fused-ring (bicyclic) bond motifs is 1. The molecule has 1 saturated heterocycles. The van der Waals surface area contributed by atoms with Gasteiger partial charge in [-0.25, -0.2) is 4.39 Å². The summed E-state index contributed by atoms with van der Waals surface area (Å²) in [6.07, 6.45) is 6.30. The number of aromatic nitrogens is 1. The van der Waals surface area contributed by atoms with E-state index < -0.39 is 0 Å². The molecule has 1 aliphatic heterocycles. The van der Waals surface area contributed by atoms with Crippen LogP contribution in [0.4, 0.5) is 4.39 Å².